The first-order valence-electron chi connectivity index (χ1n) is 11.6. The van der Waals surface area contributed by atoms with Crippen LogP contribution in [0, 0.1) is 17.8 Å². The van der Waals surface area contributed by atoms with Crippen LogP contribution in [0.2, 0.25) is 0 Å². The van der Waals surface area contributed by atoms with Gasteiger partial charge in [-0.15, -0.1) is 11.8 Å². The van der Waals surface area contributed by atoms with E-state index in [2.05, 4.69) is 34.6 Å². The first kappa shape index (κ1) is 24.3. The van der Waals surface area contributed by atoms with Crippen LogP contribution >= 0.6 is 0 Å². The number of ether oxygens (including phenoxy) is 2. The number of rotatable bonds is 8. The lowest BCUT2D eigenvalue weighted by Gasteiger charge is -2.20. The van der Waals surface area contributed by atoms with E-state index in [1.807, 2.05) is 36.4 Å². The molecule has 0 saturated carbocycles. The first-order chi connectivity index (χ1) is 17.0. The lowest BCUT2D eigenvalue weighted by atomic mass is 9.98. The molecular weight excluding hydrogens is 448 g/mol. The first-order valence-corrected chi connectivity index (χ1v) is 11.6. The third-order valence-corrected chi connectivity index (χ3v) is 6.43. The van der Waals surface area contributed by atoms with Gasteiger partial charge >= 0.3 is 12.1 Å². The number of carbonyl (C=O) groups excluding carboxylic acids is 2. The Morgan fingerprint density at radius 3 is 2.40 bits per heavy atom. The van der Waals surface area contributed by atoms with Crippen LogP contribution in [0.5, 0.6) is 0 Å². The summed E-state index contributed by atoms with van der Waals surface area (Å²) in [6, 6.07) is 15.2. The average Bonchev–Trinajstić information content (AvgIpc) is 3.47. The normalized spacial score (nSPS) is 19.0. The van der Waals surface area contributed by atoms with Crippen LogP contribution in [-0.2, 0) is 19.1 Å². The molecule has 8 heteroatoms. The maximum Gasteiger partial charge on any atom is 0.407 e. The molecule has 1 aliphatic carbocycles. The fraction of sp³-hybridized carbons (Fsp3) is 0.370. The van der Waals surface area contributed by atoms with Crippen molar-refractivity contribution in [1.82, 2.24) is 10.6 Å². The fourth-order valence-electron chi connectivity index (χ4n) is 4.67. The van der Waals surface area contributed by atoms with Gasteiger partial charge in [0.25, 0.3) is 0 Å². The molecule has 2 aliphatic rings. The second kappa shape index (κ2) is 11.1. The van der Waals surface area contributed by atoms with Crippen LogP contribution in [0.25, 0.3) is 11.1 Å². The number of carboxylic acids is 1. The van der Waals surface area contributed by atoms with Crippen molar-refractivity contribution in [2.45, 2.75) is 37.8 Å². The van der Waals surface area contributed by atoms with Crippen molar-refractivity contribution in [3.05, 3.63) is 59.7 Å². The SMILES string of the molecule is CC#CCC(NC(=O)OCC1c2ccccc2-c2ccccc21)C(=O)NC[C@@H]1CCO[C@@H]1C(=O)O. The maximum absolute atomic E-state index is 12.8. The van der Waals surface area contributed by atoms with Crippen molar-refractivity contribution in [1.29, 1.82) is 0 Å². The molecule has 0 radical (unpaired) electrons. The number of aliphatic carboxylic acids is 1. The van der Waals surface area contributed by atoms with Gasteiger partial charge in [-0.05, 0) is 35.6 Å². The van der Waals surface area contributed by atoms with Gasteiger partial charge in [0.05, 0.1) is 0 Å². The van der Waals surface area contributed by atoms with Crippen molar-refractivity contribution in [2.24, 2.45) is 5.92 Å². The van der Waals surface area contributed by atoms with Crippen LogP contribution in [-0.4, -0.2) is 55.0 Å². The summed E-state index contributed by atoms with van der Waals surface area (Å²) >= 11 is 0. The Kier molecular flexibility index (Phi) is 7.68. The molecule has 182 valence electrons. The molecule has 3 N–H and O–H groups in total. The number of alkyl carbamates (subject to hydrolysis) is 1. The molecule has 8 nitrogen and oxygen atoms in total. The van der Waals surface area contributed by atoms with Gasteiger partial charge in [0.2, 0.25) is 5.91 Å². The number of nitrogens with one attached hydrogen (secondary N) is 2. The van der Waals surface area contributed by atoms with Gasteiger partial charge in [-0.25, -0.2) is 9.59 Å². The second-order valence-electron chi connectivity index (χ2n) is 8.58. The van der Waals surface area contributed by atoms with Gasteiger partial charge in [0.1, 0.15) is 12.6 Å². The van der Waals surface area contributed by atoms with Gasteiger partial charge in [-0.1, -0.05) is 48.5 Å². The summed E-state index contributed by atoms with van der Waals surface area (Å²) in [5, 5.41) is 14.6. The highest BCUT2D eigenvalue weighted by Crippen LogP contribution is 2.44. The Morgan fingerprint density at radius 2 is 1.77 bits per heavy atom. The minimum Gasteiger partial charge on any atom is -0.479 e. The molecule has 2 aromatic rings. The zero-order valence-corrected chi connectivity index (χ0v) is 19.5. The zero-order valence-electron chi connectivity index (χ0n) is 19.5. The van der Waals surface area contributed by atoms with Gasteiger partial charge in [-0.3, -0.25) is 4.79 Å². The van der Waals surface area contributed by atoms with E-state index >= 15 is 0 Å². The van der Waals surface area contributed by atoms with E-state index in [1.54, 1.807) is 6.92 Å². The molecule has 4 rings (SSSR count). The third kappa shape index (κ3) is 5.47. The lowest BCUT2D eigenvalue weighted by molar-refractivity contribution is -0.149. The molecule has 1 unspecified atom stereocenters. The van der Waals surface area contributed by atoms with Crippen LogP contribution in [0.3, 0.4) is 0 Å². The minimum absolute atomic E-state index is 0.0915. The van der Waals surface area contributed by atoms with E-state index < -0.39 is 30.1 Å². The summed E-state index contributed by atoms with van der Waals surface area (Å²) in [4.78, 5) is 36.7. The highest BCUT2D eigenvalue weighted by Gasteiger charge is 2.35. The van der Waals surface area contributed by atoms with Crippen molar-refractivity contribution >= 4 is 18.0 Å². The van der Waals surface area contributed by atoms with Crippen LogP contribution in [0.4, 0.5) is 4.79 Å². The topological polar surface area (TPSA) is 114 Å². The molecular formula is C27H28N2O6. The highest BCUT2D eigenvalue weighted by molar-refractivity contribution is 5.86. The fourth-order valence-corrected chi connectivity index (χ4v) is 4.67. The predicted molar refractivity (Wildman–Crippen MR) is 129 cm³/mol. The highest BCUT2D eigenvalue weighted by atomic mass is 16.5. The molecule has 0 spiro atoms. The summed E-state index contributed by atoms with van der Waals surface area (Å²) in [5.41, 5.74) is 4.45. The van der Waals surface area contributed by atoms with E-state index in [1.165, 1.54) is 0 Å². The molecule has 2 amide bonds. The van der Waals surface area contributed by atoms with Gasteiger partial charge in [0, 0.05) is 31.4 Å². The van der Waals surface area contributed by atoms with E-state index in [-0.39, 0.29) is 31.4 Å². The van der Waals surface area contributed by atoms with Gasteiger partial charge in [-0.2, -0.15) is 0 Å². The number of benzene rings is 2. The van der Waals surface area contributed by atoms with Crippen LogP contribution in [0.1, 0.15) is 36.8 Å². The monoisotopic (exact) mass is 476 g/mol. The number of hydrogen-bond donors (Lipinski definition) is 3. The smallest absolute Gasteiger partial charge is 0.407 e. The van der Waals surface area contributed by atoms with Crippen molar-refractivity contribution in [3.8, 4) is 23.0 Å². The number of hydrogen-bond acceptors (Lipinski definition) is 5. The van der Waals surface area contributed by atoms with Crippen molar-refractivity contribution in [2.75, 3.05) is 19.8 Å². The van der Waals surface area contributed by atoms with Crippen molar-refractivity contribution < 1.29 is 29.0 Å². The molecule has 3 atom stereocenters. The van der Waals surface area contributed by atoms with Crippen molar-refractivity contribution in [3.63, 3.8) is 0 Å². The standard InChI is InChI=1S/C27H28N2O6/c1-2-3-12-23(25(30)28-15-17-13-14-34-24(17)26(31)32)29-27(33)35-16-22-20-10-6-4-8-18(20)19-9-5-7-11-21(19)22/h4-11,17,22-24H,12-16H2,1H3,(H,28,30)(H,29,33)(H,31,32)/t17-,23?,24-/m0/s1. The summed E-state index contributed by atoms with van der Waals surface area (Å²) < 4.78 is 10.8. The molecule has 1 fully saturated rings. The second-order valence-corrected chi connectivity index (χ2v) is 8.58. The van der Waals surface area contributed by atoms with E-state index in [0.29, 0.717) is 13.0 Å². The quantitative estimate of drug-likeness (QED) is 0.505. The molecule has 35 heavy (non-hydrogen) atoms. The zero-order chi connectivity index (χ0) is 24.8. The summed E-state index contributed by atoms with van der Waals surface area (Å²) in [6.07, 6.45) is -1.01. The largest absolute Gasteiger partial charge is 0.479 e. The Bertz CT molecular complexity index is 1120. The van der Waals surface area contributed by atoms with Crippen LogP contribution < -0.4 is 10.6 Å². The van der Waals surface area contributed by atoms with Gasteiger partial charge < -0.3 is 25.2 Å². The lowest BCUT2D eigenvalue weighted by Crippen LogP contribution is -2.48. The molecule has 1 heterocycles. The van der Waals surface area contributed by atoms with E-state index in [4.69, 9.17) is 9.47 Å². The predicted octanol–water partition coefficient (Wildman–Crippen LogP) is 2.91. The Balaban J connectivity index is 1.36. The number of carboxylic acid groups (broad SMARTS) is 1. The average molecular weight is 477 g/mol. The third-order valence-electron chi connectivity index (χ3n) is 6.43. The molecule has 0 bridgehead atoms. The Morgan fingerprint density at radius 1 is 1.11 bits per heavy atom. The summed E-state index contributed by atoms with van der Waals surface area (Å²) in [7, 11) is 0. The van der Waals surface area contributed by atoms with E-state index in [0.717, 1.165) is 22.3 Å². The van der Waals surface area contributed by atoms with E-state index in [9.17, 15) is 19.5 Å². The molecule has 1 aliphatic heterocycles. The minimum atomic E-state index is -1.05. The number of amides is 2. The van der Waals surface area contributed by atoms with Crippen LogP contribution in [0.15, 0.2) is 48.5 Å². The molecule has 1 saturated heterocycles. The molecule has 0 aromatic heterocycles. The maximum atomic E-state index is 12.8. The Labute approximate surface area is 204 Å². The number of carbonyl (C=O) groups is 3. The van der Waals surface area contributed by atoms with Gasteiger partial charge in [0.15, 0.2) is 6.10 Å². The Hall–Kier alpha value is -3.83. The summed E-state index contributed by atoms with van der Waals surface area (Å²) in [5.74, 6) is 3.62. The molecule has 2 aromatic carbocycles. The summed E-state index contributed by atoms with van der Waals surface area (Å²) in [6.45, 7) is 2.25. The number of fused-ring (bicyclic) bond motifs is 3.